The molecule has 0 aliphatic rings. The van der Waals surface area contributed by atoms with E-state index >= 15 is 0 Å². The van der Waals surface area contributed by atoms with Crippen molar-refractivity contribution in [3.63, 3.8) is 0 Å². The zero-order chi connectivity index (χ0) is 19.2. The molecular weight excluding hydrogens is 320 g/mol. The summed E-state index contributed by atoms with van der Waals surface area (Å²) in [6, 6.07) is 0. The van der Waals surface area contributed by atoms with Crippen LogP contribution in [0.2, 0.25) is 18.1 Å². The molecule has 25 heavy (non-hydrogen) atoms. The molecule has 0 aromatic heterocycles. The summed E-state index contributed by atoms with van der Waals surface area (Å²) in [6.45, 7) is 17.8. The summed E-state index contributed by atoms with van der Waals surface area (Å²) in [5, 5.41) is 0.326. The molecule has 1 nitrogen and oxygen atoms in total. The Morgan fingerprint density at radius 3 is 1.60 bits per heavy atom. The van der Waals surface area contributed by atoms with Gasteiger partial charge in [0.15, 0.2) is 8.32 Å². The summed E-state index contributed by atoms with van der Waals surface area (Å²) in [4.78, 5) is 0. The molecule has 0 fully saturated rings. The largest absolute Gasteiger partial charge is 0.414 e. The van der Waals surface area contributed by atoms with Crippen molar-refractivity contribution in [1.29, 1.82) is 0 Å². The van der Waals surface area contributed by atoms with Crippen molar-refractivity contribution in [3.8, 4) is 0 Å². The van der Waals surface area contributed by atoms with E-state index in [1.165, 1.54) is 83.5 Å². The molecule has 0 amide bonds. The standard InChI is InChI=1S/C23H48OSi/c1-8-9-10-11-12-13-14-15-16-17-18-19-20-21-22(2)24-25(6,7)23(3,4)5/h8,22H,1,9-21H2,2-7H3/t22-/m1/s1. The van der Waals surface area contributed by atoms with Gasteiger partial charge in [0.25, 0.3) is 0 Å². The van der Waals surface area contributed by atoms with E-state index in [1.807, 2.05) is 6.08 Å². The van der Waals surface area contributed by atoms with Crippen LogP contribution in [-0.2, 0) is 4.43 Å². The van der Waals surface area contributed by atoms with Crippen LogP contribution in [0.3, 0.4) is 0 Å². The van der Waals surface area contributed by atoms with Crippen molar-refractivity contribution < 1.29 is 4.43 Å². The molecule has 0 aromatic carbocycles. The first-order valence-electron chi connectivity index (χ1n) is 11.0. The number of hydrogen-bond donors (Lipinski definition) is 0. The summed E-state index contributed by atoms with van der Waals surface area (Å²) in [5.74, 6) is 0. The predicted molar refractivity (Wildman–Crippen MR) is 118 cm³/mol. The van der Waals surface area contributed by atoms with E-state index in [0.717, 1.165) is 0 Å². The lowest BCUT2D eigenvalue weighted by atomic mass is 10.0. The van der Waals surface area contributed by atoms with Crippen molar-refractivity contribution in [2.24, 2.45) is 0 Å². The molecule has 0 heterocycles. The summed E-state index contributed by atoms with van der Waals surface area (Å²) < 4.78 is 6.44. The van der Waals surface area contributed by atoms with Crippen LogP contribution in [-0.4, -0.2) is 14.4 Å². The average molecular weight is 369 g/mol. The second-order valence-electron chi connectivity index (χ2n) is 9.44. The number of unbranched alkanes of at least 4 members (excludes halogenated alkanes) is 11. The van der Waals surface area contributed by atoms with Crippen LogP contribution in [0.1, 0.15) is 111 Å². The minimum atomic E-state index is -1.58. The molecule has 0 aliphatic heterocycles. The van der Waals surface area contributed by atoms with Crippen LogP contribution >= 0.6 is 0 Å². The molecule has 0 aliphatic carbocycles. The van der Waals surface area contributed by atoms with E-state index in [9.17, 15) is 0 Å². The molecule has 0 aromatic rings. The maximum atomic E-state index is 6.44. The van der Waals surface area contributed by atoms with Crippen molar-refractivity contribution in [3.05, 3.63) is 12.7 Å². The molecule has 0 rings (SSSR count). The van der Waals surface area contributed by atoms with Gasteiger partial charge < -0.3 is 4.43 Å². The second kappa shape index (κ2) is 14.0. The van der Waals surface area contributed by atoms with Gasteiger partial charge in [-0.3, -0.25) is 0 Å². The maximum Gasteiger partial charge on any atom is 0.192 e. The van der Waals surface area contributed by atoms with Gasteiger partial charge >= 0.3 is 0 Å². The monoisotopic (exact) mass is 368 g/mol. The third-order valence-corrected chi connectivity index (χ3v) is 10.4. The molecular formula is C23H48OSi. The Bertz CT molecular complexity index is 317. The third-order valence-electron chi connectivity index (χ3n) is 5.82. The summed E-state index contributed by atoms with van der Waals surface area (Å²) in [7, 11) is -1.58. The molecule has 0 bridgehead atoms. The molecule has 0 radical (unpaired) electrons. The van der Waals surface area contributed by atoms with E-state index in [-0.39, 0.29) is 0 Å². The van der Waals surface area contributed by atoms with Gasteiger partial charge in [-0.25, -0.2) is 0 Å². The van der Waals surface area contributed by atoms with Gasteiger partial charge in [-0.2, -0.15) is 0 Å². The van der Waals surface area contributed by atoms with Gasteiger partial charge in [-0.05, 0) is 44.3 Å². The predicted octanol–water partition coefficient (Wildman–Crippen LogP) is 8.65. The Kier molecular flexibility index (Phi) is 14.0. The lowest BCUT2D eigenvalue weighted by Gasteiger charge is -2.38. The highest BCUT2D eigenvalue weighted by Crippen LogP contribution is 2.37. The first-order valence-corrected chi connectivity index (χ1v) is 13.9. The topological polar surface area (TPSA) is 9.23 Å². The lowest BCUT2D eigenvalue weighted by Crippen LogP contribution is -2.43. The van der Waals surface area contributed by atoms with Crippen LogP contribution in [0.5, 0.6) is 0 Å². The van der Waals surface area contributed by atoms with Gasteiger partial charge in [0.1, 0.15) is 0 Å². The highest BCUT2D eigenvalue weighted by Gasteiger charge is 2.38. The first kappa shape index (κ1) is 24.9. The molecule has 0 spiro atoms. The fourth-order valence-electron chi connectivity index (χ4n) is 3.05. The zero-order valence-electron chi connectivity index (χ0n) is 18.5. The normalized spacial score (nSPS) is 13.8. The number of allylic oxidation sites excluding steroid dienone is 1. The van der Waals surface area contributed by atoms with Crippen LogP contribution < -0.4 is 0 Å². The highest BCUT2D eigenvalue weighted by molar-refractivity contribution is 6.74. The highest BCUT2D eigenvalue weighted by atomic mass is 28.4. The summed E-state index contributed by atoms with van der Waals surface area (Å²) in [5.41, 5.74) is 0. The van der Waals surface area contributed by atoms with Crippen LogP contribution in [0.4, 0.5) is 0 Å². The lowest BCUT2D eigenvalue weighted by molar-refractivity contribution is 0.185. The molecule has 1 atom stereocenters. The molecule has 0 saturated heterocycles. The van der Waals surface area contributed by atoms with E-state index in [4.69, 9.17) is 4.43 Å². The smallest absolute Gasteiger partial charge is 0.192 e. The van der Waals surface area contributed by atoms with Gasteiger partial charge in [0.05, 0.1) is 0 Å². The molecule has 2 heteroatoms. The third kappa shape index (κ3) is 13.7. The minimum Gasteiger partial charge on any atom is -0.414 e. The molecule has 0 saturated carbocycles. The van der Waals surface area contributed by atoms with Crippen molar-refractivity contribution in [1.82, 2.24) is 0 Å². The fraction of sp³-hybridized carbons (Fsp3) is 0.913. The van der Waals surface area contributed by atoms with E-state index < -0.39 is 8.32 Å². The zero-order valence-corrected chi connectivity index (χ0v) is 19.5. The van der Waals surface area contributed by atoms with E-state index in [1.54, 1.807) is 0 Å². The van der Waals surface area contributed by atoms with Gasteiger partial charge in [0, 0.05) is 6.10 Å². The van der Waals surface area contributed by atoms with Gasteiger partial charge in [-0.15, -0.1) is 6.58 Å². The molecule has 0 N–H and O–H groups in total. The number of hydrogen-bond acceptors (Lipinski definition) is 1. The Balaban J connectivity index is 3.42. The molecule has 150 valence electrons. The molecule has 0 unspecified atom stereocenters. The van der Waals surface area contributed by atoms with Crippen molar-refractivity contribution >= 4 is 8.32 Å². The summed E-state index contributed by atoms with van der Waals surface area (Å²) in [6.07, 6.45) is 20.3. The quantitative estimate of drug-likeness (QED) is 0.150. The average Bonchev–Trinajstić information content (AvgIpc) is 2.50. The van der Waals surface area contributed by atoms with Crippen molar-refractivity contribution in [2.45, 2.75) is 135 Å². The Labute approximate surface area is 161 Å². The Morgan fingerprint density at radius 2 is 1.20 bits per heavy atom. The van der Waals surface area contributed by atoms with Gasteiger partial charge in [0.2, 0.25) is 0 Å². The van der Waals surface area contributed by atoms with Crippen LogP contribution in [0.15, 0.2) is 12.7 Å². The van der Waals surface area contributed by atoms with Gasteiger partial charge in [-0.1, -0.05) is 91.1 Å². The Hall–Kier alpha value is -0.0831. The van der Waals surface area contributed by atoms with Crippen LogP contribution in [0, 0.1) is 0 Å². The van der Waals surface area contributed by atoms with Crippen molar-refractivity contribution in [2.75, 3.05) is 0 Å². The van der Waals surface area contributed by atoms with Crippen LogP contribution in [0.25, 0.3) is 0 Å². The minimum absolute atomic E-state index is 0.326. The first-order chi connectivity index (χ1) is 11.7. The second-order valence-corrected chi connectivity index (χ2v) is 14.2. The van der Waals surface area contributed by atoms with E-state index in [0.29, 0.717) is 11.1 Å². The SMILES string of the molecule is C=CCCCCCCCCCCCCC[C@@H](C)O[Si](C)(C)C(C)(C)C. The number of rotatable bonds is 16. The Morgan fingerprint density at radius 1 is 0.800 bits per heavy atom. The fourth-order valence-corrected chi connectivity index (χ4v) is 4.53. The van der Waals surface area contributed by atoms with E-state index in [2.05, 4.69) is 47.4 Å². The summed E-state index contributed by atoms with van der Waals surface area (Å²) >= 11 is 0. The maximum absolute atomic E-state index is 6.44.